The van der Waals surface area contributed by atoms with Crippen molar-refractivity contribution in [3.05, 3.63) is 65.2 Å². The number of ketones is 1. The molecule has 3 rings (SSSR count). The molecule has 0 spiro atoms. The van der Waals surface area contributed by atoms with Gasteiger partial charge in [0, 0.05) is 17.1 Å². The van der Waals surface area contributed by atoms with Gasteiger partial charge in [-0.3, -0.25) is 4.79 Å². The third-order valence-corrected chi connectivity index (χ3v) is 10.1. The molecular weight excluding hydrogens is 382 g/mol. The Labute approximate surface area is 161 Å². The Bertz CT molecular complexity index is 968. The molecule has 0 saturated carbocycles. The van der Waals surface area contributed by atoms with E-state index in [9.17, 15) is 13.2 Å². The Balaban J connectivity index is 1.82. The molecule has 1 heterocycles. The van der Waals surface area contributed by atoms with Crippen LogP contribution in [0.5, 0.6) is 0 Å². The lowest BCUT2D eigenvalue weighted by Crippen LogP contribution is -2.21. The lowest BCUT2D eigenvalue weighted by Gasteiger charge is -2.33. The first-order valence-corrected chi connectivity index (χ1v) is 12.1. The molecule has 0 unspecified atom stereocenters. The highest BCUT2D eigenvalue weighted by Crippen LogP contribution is 2.57. The molecule has 27 heavy (non-hydrogen) atoms. The number of nitriles is 1. The summed E-state index contributed by atoms with van der Waals surface area (Å²) in [6.07, 6.45) is 1.72. The van der Waals surface area contributed by atoms with Crippen LogP contribution >= 0.6 is 10.3 Å². The molecule has 2 aromatic rings. The predicted octanol–water partition coefficient (Wildman–Crippen LogP) is 3.97. The Morgan fingerprint density at radius 2 is 1.67 bits per heavy atom. The normalized spacial score (nSPS) is 17.2. The molecule has 0 bridgehead atoms. The Kier molecular flexibility index (Phi) is 5.70. The fourth-order valence-corrected chi connectivity index (χ4v) is 8.69. The summed E-state index contributed by atoms with van der Waals surface area (Å²) < 4.78 is 31.2. The number of aryl methyl sites for hydroxylation is 1. The number of nitrogens with zero attached hydrogens (tertiary/aromatic N) is 1. The van der Waals surface area contributed by atoms with E-state index in [1.54, 1.807) is 12.1 Å². The Morgan fingerprint density at radius 3 is 2.22 bits per heavy atom. The van der Waals surface area contributed by atoms with Gasteiger partial charge in [0.05, 0.1) is 22.3 Å². The zero-order valence-corrected chi connectivity index (χ0v) is 16.7. The van der Waals surface area contributed by atoms with Crippen LogP contribution in [-0.2, 0) is 13.7 Å². The molecule has 1 aliphatic rings. The molecule has 0 aliphatic carbocycles. The first-order valence-electron chi connectivity index (χ1n) is 8.66. The molecule has 2 aromatic carbocycles. The average molecular weight is 404 g/mol. The number of Topliss-reactive ketones (excluding diaryl/α,β-unsaturated/α-hetero) is 1. The van der Waals surface area contributed by atoms with E-state index in [1.165, 1.54) is 24.3 Å². The van der Waals surface area contributed by atoms with E-state index < -0.39 is 20.4 Å². The SMILES string of the molecule is Cc1ccc(C(=O)CS2(OS(=O)(=O)c3ccc(C#N)cc3)CCCC2)cc1. The number of carbonyl (C=O) groups is 1. The first kappa shape index (κ1) is 19.6. The quantitative estimate of drug-likeness (QED) is 0.682. The summed E-state index contributed by atoms with van der Waals surface area (Å²) in [5.41, 5.74) is 2.03. The third kappa shape index (κ3) is 4.59. The second-order valence-electron chi connectivity index (χ2n) is 6.67. The fourth-order valence-electron chi connectivity index (χ4n) is 3.06. The summed E-state index contributed by atoms with van der Waals surface area (Å²) >= 11 is 0. The molecule has 5 nitrogen and oxygen atoms in total. The van der Waals surface area contributed by atoms with Crippen molar-refractivity contribution < 1.29 is 16.8 Å². The lowest BCUT2D eigenvalue weighted by molar-refractivity contribution is 0.102. The fraction of sp³-hybridized carbons (Fsp3) is 0.300. The van der Waals surface area contributed by atoms with Crippen molar-refractivity contribution >= 4 is 26.2 Å². The number of hydrogen-bond acceptors (Lipinski definition) is 5. The summed E-state index contributed by atoms with van der Waals surface area (Å²) in [5.74, 6) is 1.26. The molecule has 7 heteroatoms. The van der Waals surface area contributed by atoms with Crippen LogP contribution in [0.1, 0.15) is 34.3 Å². The molecule has 0 radical (unpaired) electrons. The zero-order valence-electron chi connectivity index (χ0n) is 15.1. The van der Waals surface area contributed by atoms with Crippen LogP contribution in [0, 0.1) is 18.3 Å². The maximum absolute atomic E-state index is 12.8. The monoisotopic (exact) mass is 403 g/mol. The molecule has 0 atom stereocenters. The minimum atomic E-state index is -3.99. The molecular formula is C20H21NO4S2. The summed E-state index contributed by atoms with van der Waals surface area (Å²) in [4.78, 5) is 12.7. The Morgan fingerprint density at radius 1 is 1.07 bits per heavy atom. The van der Waals surface area contributed by atoms with Crippen LogP contribution in [0.25, 0.3) is 0 Å². The lowest BCUT2D eigenvalue weighted by atomic mass is 10.1. The second-order valence-corrected chi connectivity index (χ2v) is 11.6. The van der Waals surface area contributed by atoms with Gasteiger partial charge < -0.3 is 0 Å². The summed E-state index contributed by atoms with van der Waals surface area (Å²) in [5, 5.41) is 8.86. The smallest absolute Gasteiger partial charge is 0.293 e. The average Bonchev–Trinajstić information content (AvgIpc) is 3.09. The second kappa shape index (κ2) is 7.85. The highest BCUT2D eigenvalue weighted by molar-refractivity contribution is 8.33. The van der Waals surface area contributed by atoms with Crippen LogP contribution < -0.4 is 0 Å². The van der Waals surface area contributed by atoms with Crippen molar-refractivity contribution in [1.29, 1.82) is 5.26 Å². The number of benzene rings is 2. The van der Waals surface area contributed by atoms with Crippen molar-refractivity contribution in [2.24, 2.45) is 0 Å². The highest BCUT2D eigenvalue weighted by atomic mass is 32.3. The van der Waals surface area contributed by atoms with Gasteiger partial charge in [-0.2, -0.15) is 13.7 Å². The van der Waals surface area contributed by atoms with E-state index in [0.29, 0.717) is 22.6 Å². The van der Waals surface area contributed by atoms with E-state index in [4.69, 9.17) is 8.89 Å². The largest absolute Gasteiger partial charge is 0.306 e. The van der Waals surface area contributed by atoms with Gasteiger partial charge in [0.15, 0.2) is 5.78 Å². The van der Waals surface area contributed by atoms with Gasteiger partial charge >= 0.3 is 10.1 Å². The van der Waals surface area contributed by atoms with Crippen LogP contribution in [0.4, 0.5) is 0 Å². The molecule has 1 fully saturated rings. The number of carbonyl (C=O) groups excluding carboxylic acids is 1. The molecule has 0 N–H and O–H groups in total. The van der Waals surface area contributed by atoms with Crippen LogP contribution in [0.15, 0.2) is 53.4 Å². The van der Waals surface area contributed by atoms with Crippen molar-refractivity contribution in [3.8, 4) is 6.07 Å². The summed E-state index contributed by atoms with van der Waals surface area (Å²) in [6.45, 7) is 1.95. The van der Waals surface area contributed by atoms with Gasteiger partial charge in [0.25, 0.3) is 0 Å². The molecule has 1 saturated heterocycles. The van der Waals surface area contributed by atoms with Gasteiger partial charge in [0.2, 0.25) is 0 Å². The van der Waals surface area contributed by atoms with E-state index >= 15 is 0 Å². The van der Waals surface area contributed by atoms with E-state index in [1.807, 2.05) is 25.1 Å². The van der Waals surface area contributed by atoms with E-state index in [0.717, 1.165) is 18.4 Å². The molecule has 0 amide bonds. The minimum Gasteiger partial charge on any atom is -0.293 e. The Hall–Kier alpha value is -2.14. The predicted molar refractivity (Wildman–Crippen MR) is 106 cm³/mol. The van der Waals surface area contributed by atoms with Gasteiger partial charge in [-0.1, -0.05) is 29.8 Å². The van der Waals surface area contributed by atoms with Crippen LogP contribution in [0.3, 0.4) is 0 Å². The van der Waals surface area contributed by atoms with Gasteiger partial charge in [-0.25, -0.2) is 3.63 Å². The maximum atomic E-state index is 12.8. The van der Waals surface area contributed by atoms with Gasteiger partial charge in [0.1, 0.15) is 0 Å². The molecule has 1 aliphatic heterocycles. The van der Waals surface area contributed by atoms with E-state index in [2.05, 4.69) is 0 Å². The van der Waals surface area contributed by atoms with E-state index in [-0.39, 0.29) is 16.4 Å². The summed E-state index contributed by atoms with van der Waals surface area (Å²) in [7, 11) is -6.03. The number of rotatable bonds is 6. The zero-order chi connectivity index (χ0) is 19.5. The highest BCUT2D eigenvalue weighted by Gasteiger charge is 2.37. The van der Waals surface area contributed by atoms with Crippen LogP contribution in [0.2, 0.25) is 0 Å². The standard InChI is InChI=1S/C20H21NO4S2/c1-16-4-8-18(9-5-16)20(22)15-26(12-2-3-13-26)25-27(23,24)19-10-6-17(14-21)7-11-19/h4-11H,2-3,12-13,15H2,1H3. The van der Waals surface area contributed by atoms with Crippen molar-refractivity contribution in [1.82, 2.24) is 0 Å². The summed E-state index contributed by atoms with van der Waals surface area (Å²) in [6, 6.07) is 14.9. The van der Waals surface area contributed by atoms with Crippen molar-refractivity contribution in [3.63, 3.8) is 0 Å². The minimum absolute atomic E-state index is 0.0167. The first-order chi connectivity index (χ1) is 12.8. The number of hydrogen-bond donors (Lipinski definition) is 0. The van der Waals surface area contributed by atoms with Crippen LogP contribution in [-0.4, -0.2) is 31.5 Å². The van der Waals surface area contributed by atoms with Gasteiger partial charge in [-0.15, -0.1) is 10.3 Å². The van der Waals surface area contributed by atoms with Crippen molar-refractivity contribution in [2.45, 2.75) is 24.7 Å². The van der Waals surface area contributed by atoms with Gasteiger partial charge in [-0.05, 0) is 44.0 Å². The molecule has 142 valence electrons. The third-order valence-electron chi connectivity index (χ3n) is 4.56. The molecule has 0 aromatic heterocycles. The topological polar surface area (TPSA) is 84.2 Å². The maximum Gasteiger partial charge on any atom is 0.306 e. The van der Waals surface area contributed by atoms with Crippen molar-refractivity contribution in [2.75, 3.05) is 17.3 Å².